The minimum absolute atomic E-state index is 0.00990. The molecule has 61 heavy (non-hydrogen) atoms. The smallest absolute Gasteiger partial charge is 0.336 e. The van der Waals surface area contributed by atoms with Gasteiger partial charge in [-0.2, -0.15) is 0 Å². The summed E-state index contributed by atoms with van der Waals surface area (Å²) >= 11 is 0. The summed E-state index contributed by atoms with van der Waals surface area (Å²) in [6.45, 7) is 0.0632. The molecule has 10 unspecified atom stereocenters. The average Bonchev–Trinajstić information content (AvgIpc) is 3.93. The first kappa shape index (κ1) is 41.5. The van der Waals surface area contributed by atoms with Crippen molar-refractivity contribution in [2.45, 2.75) is 54.2 Å². The van der Waals surface area contributed by atoms with E-state index in [1.54, 1.807) is 12.1 Å². The maximum atomic E-state index is 13.7. The zero-order valence-electron chi connectivity index (χ0n) is 31.8. The Balaban J connectivity index is 1.17. The Morgan fingerprint density at radius 1 is 1.02 bits per heavy atom. The number of hydrogen-bond acceptors (Lipinski definition) is 18. The zero-order chi connectivity index (χ0) is 43.4. The van der Waals surface area contributed by atoms with Crippen LogP contribution in [-0.4, -0.2) is 119 Å². The number of nitrogens with two attached hydrogens (primary N) is 1. The van der Waals surface area contributed by atoms with Gasteiger partial charge in [0.05, 0.1) is 6.61 Å². The Hall–Kier alpha value is -6.20. The van der Waals surface area contributed by atoms with E-state index < -0.39 is 101 Å². The quantitative estimate of drug-likeness (QED) is 0.0549. The molecule has 322 valence electrons. The van der Waals surface area contributed by atoms with Crippen LogP contribution in [0.3, 0.4) is 0 Å². The number of carboxylic acids is 1. The Kier molecular flexibility index (Phi) is 10.9. The van der Waals surface area contributed by atoms with Crippen LogP contribution in [0.2, 0.25) is 0 Å². The lowest BCUT2D eigenvalue weighted by Gasteiger charge is -2.56. The third-order valence-corrected chi connectivity index (χ3v) is 11.1. The molecule has 2 bridgehead atoms. The van der Waals surface area contributed by atoms with E-state index in [1.807, 2.05) is 0 Å². The van der Waals surface area contributed by atoms with E-state index in [0.717, 1.165) is 24.3 Å². The van der Waals surface area contributed by atoms with Crippen LogP contribution in [-0.2, 0) is 9.53 Å². The Morgan fingerprint density at radius 2 is 1.79 bits per heavy atom. The second kappa shape index (κ2) is 16.0. The van der Waals surface area contributed by atoms with Gasteiger partial charge >= 0.3 is 5.97 Å². The highest BCUT2D eigenvalue weighted by molar-refractivity contribution is 5.89. The molecule has 2 aromatic heterocycles. The van der Waals surface area contributed by atoms with E-state index in [1.165, 1.54) is 48.5 Å². The largest absolute Gasteiger partial charge is 0.508 e. The van der Waals surface area contributed by atoms with Gasteiger partial charge in [-0.1, -0.05) is 18.2 Å². The van der Waals surface area contributed by atoms with Crippen molar-refractivity contribution in [3.05, 3.63) is 106 Å². The minimum Gasteiger partial charge on any atom is -0.508 e. The van der Waals surface area contributed by atoms with Gasteiger partial charge in [0.15, 0.2) is 34.7 Å². The lowest BCUT2D eigenvalue weighted by Crippen LogP contribution is -2.79. The first-order valence-corrected chi connectivity index (χ1v) is 18.9. The molecule has 10 atom stereocenters. The fourth-order valence-corrected chi connectivity index (χ4v) is 7.97. The number of phenols is 2. The summed E-state index contributed by atoms with van der Waals surface area (Å²) in [5, 5.41) is 105. The number of hydrogen-bond donors (Lipinski definition) is 13. The summed E-state index contributed by atoms with van der Waals surface area (Å²) in [7, 11) is 0. The fourth-order valence-electron chi connectivity index (χ4n) is 7.97. The number of H-pyrrole nitrogens is 1. The molecule has 5 aromatic rings. The molecule has 8 rings (SSSR count). The number of aliphatic carboxylic acids is 1. The number of carbonyl (C=O) groups is 1. The lowest BCUT2D eigenvalue weighted by atomic mass is 9.63. The topological polar surface area (TPSA) is 332 Å². The second-order valence-corrected chi connectivity index (χ2v) is 15.0. The number of ether oxygens (including phenoxy) is 4. The van der Waals surface area contributed by atoms with Crippen LogP contribution >= 0.6 is 0 Å². The van der Waals surface area contributed by atoms with Crippen molar-refractivity contribution in [2.75, 3.05) is 25.6 Å². The summed E-state index contributed by atoms with van der Waals surface area (Å²) in [5.41, 5.74) is -0.0359. The van der Waals surface area contributed by atoms with Gasteiger partial charge in [0.25, 0.3) is 0 Å². The molecule has 3 aliphatic rings. The number of anilines is 1. The number of aromatic amines is 1. The minimum atomic E-state index is -2.64. The second-order valence-electron chi connectivity index (χ2n) is 15.0. The maximum Gasteiger partial charge on any atom is 0.336 e. The third-order valence-electron chi connectivity index (χ3n) is 11.1. The molecule has 0 spiro atoms. The third kappa shape index (κ3) is 7.39. The van der Waals surface area contributed by atoms with Crippen molar-refractivity contribution in [1.29, 1.82) is 0 Å². The molecular formula is C41H42N4O16. The number of aliphatic hydroxyl groups excluding tert-OH is 4. The van der Waals surface area contributed by atoms with Crippen molar-refractivity contribution in [1.82, 2.24) is 15.6 Å². The molecule has 14 N–H and O–H groups in total. The van der Waals surface area contributed by atoms with Crippen LogP contribution in [0.5, 0.6) is 28.7 Å². The number of nitrogens with one attached hydrogen (secondary N) is 3. The van der Waals surface area contributed by atoms with Gasteiger partial charge < -0.3 is 85.4 Å². The highest BCUT2D eigenvalue weighted by Gasteiger charge is 2.70. The number of carboxylic acid groups (broad SMARTS) is 1. The number of benzene rings is 3. The molecule has 0 amide bonds. The molecule has 0 saturated carbocycles. The van der Waals surface area contributed by atoms with Crippen molar-refractivity contribution in [2.24, 2.45) is 5.92 Å². The highest BCUT2D eigenvalue weighted by Crippen LogP contribution is 2.50. The van der Waals surface area contributed by atoms with Gasteiger partial charge in [0.2, 0.25) is 18.3 Å². The summed E-state index contributed by atoms with van der Waals surface area (Å²) in [5.74, 6) is -4.78. The van der Waals surface area contributed by atoms with Gasteiger partial charge in [-0.15, -0.1) is 0 Å². The molecule has 2 fully saturated rings. The van der Waals surface area contributed by atoms with Gasteiger partial charge in [-0.05, 0) is 54.6 Å². The predicted molar refractivity (Wildman–Crippen MR) is 210 cm³/mol. The van der Waals surface area contributed by atoms with Crippen LogP contribution in [0.15, 0.2) is 94.2 Å². The molecule has 1 aliphatic carbocycles. The first-order chi connectivity index (χ1) is 29.1. The molecule has 20 heteroatoms. The van der Waals surface area contributed by atoms with Crippen LogP contribution in [0.1, 0.15) is 23.7 Å². The standard InChI is InChI=1S/C41H42N4O16/c42-30-9-8-23(45-30)32(49)29(16-46)57-21-6-4-18(5-7-21)26-13-25(48)31-27(58-26)14-28(34(33(31)50)60-37(53)19-2-1-3-20(47)12-19)59-39-40(55)11-10-22(24-15-43-17-44-24)41(56,38(40)54)35(61-39)36(51)52/h1-14,22,24,29,32,35,37-39,43-47,49-50,53-56H,15-17,42H2,(H,51,52). The summed E-state index contributed by atoms with van der Waals surface area (Å²) in [6.07, 6.45) is -8.41. The van der Waals surface area contributed by atoms with Crippen LogP contribution in [0.4, 0.5) is 5.82 Å². The van der Waals surface area contributed by atoms with Crippen molar-refractivity contribution in [3.8, 4) is 40.1 Å². The number of aromatic nitrogens is 1. The molecule has 2 aliphatic heterocycles. The molecular weight excluding hydrogens is 804 g/mol. The maximum absolute atomic E-state index is 13.7. The predicted octanol–water partition coefficient (Wildman–Crippen LogP) is 0.0410. The van der Waals surface area contributed by atoms with Crippen molar-refractivity contribution >= 4 is 22.8 Å². The molecule has 0 radical (unpaired) electrons. The zero-order valence-corrected chi connectivity index (χ0v) is 31.8. The van der Waals surface area contributed by atoms with Crippen LogP contribution in [0.25, 0.3) is 22.3 Å². The monoisotopic (exact) mass is 846 g/mol. The Bertz CT molecular complexity index is 2520. The van der Waals surface area contributed by atoms with Gasteiger partial charge in [0.1, 0.15) is 51.9 Å². The molecule has 3 aromatic carbocycles. The van der Waals surface area contributed by atoms with E-state index in [9.17, 15) is 55.5 Å². The number of fused-ring (bicyclic) bond motifs is 3. The number of aliphatic hydroxyl groups is 6. The Morgan fingerprint density at radius 3 is 2.44 bits per heavy atom. The van der Waals surface area contributed by atoms with Gasteiger partial charge in [-0.25, -0.2) is 4.79 Å². The van der Waals surface area contributed by atoms with Crippen LogP contribution < -0.4 is 36.0 Å². The van der Waals surface area contributed by atoms with E-state index in [-0.39, 0.29) is 35.0 Å². The Labute approximate surface area is 344 Å². The summed E-state index contributed by atoms with van der Waals surface area (Å²) in [6, 6.07) is 15.9. The lowest BCUT2D eigenvalue weighted by molar-refractivity contribution is -0.342. The number of nitrogen functional groups attached to an aromatic ring is 1. The highest BCUT2D eigenvalue weighted by atomic mass is 16.7. The SMILES string of the molecule is Nc1ccc(C(O)C(CO)Oc2ccc(-c3cc(=O)c4c(O)c(OC(O)c5cccc(O)c5)c(OC5OC(C(=O)O)C6(O)C(C7CNCN7)C=CC5(O)C6O)cc4o3)cc2)[nH]1. The van der Waals surface area contributed by atoms with Gasteiger partial charge in [-0.3, -0.25) is 10.1 Å². The van der Waals surface area contributed by atoms with Crippen LogP contribution in [0, 0.1) is 5.92 Å². The average molecular weight is 847 g/mol. The summed E-state index contributed by atoms with van der Waals surface area (Å²) < 4.78 is 29.4. The number of rotatable bonds is 13. The van der Waals surface area contributed by atoms with Crippen molar-refractivity contribution in [3.63, 3.8) is 0 Å². The van der Waals surface area contributed by atoms with Crippen molar-refractivity contribution < 1.29 is 74.1 Å². The van der Waals surface area contributed by atoms with E-state index >= 15 is 0 Å². The normalized spacial score (nSPS) is 27.3. The van der Waals surface area contributed by atoms with E-state index in [4.69, 9.17) is 29.1 Å². The van der Waals surface area contributed by atoms with E-state index in [0.29, 0.717) is 23.7 Å². The van der Waals surface area contributed by atoms with Gasteiger partial charge in [0, 0.05) is 54.1 Å². The number of phenolic OH excluding ortho intramolecular Hbond substituents is 2. The first-order valence-electron chi connectivity index (χ1n) is 18.9. The number of aromatic hydroxyl groups is 2. The van der Waals surface area contributed by atoms with E-state index in [2.05, 4.69) is 15.6 Å². The molecule has 2 saturated heterocycles. The fraction of sp³-hybridized carbons (Fsp3) is 0.317. The summed E-state index contributed by atoms with van der Waals surface area (Å²) in [4.78, 5) is 29.2. The molecule has 4 heterocycles. The molecule has 20 nitrogen and oxygen atoms in total.